The molecule has 2 aromatic heterocycles. The van der Waals surface area contributed by atoms with E-state index in [2.05, 4.69) is 41.6 Å². The number of amides is 1. The summed E-state index contributed by atoms with van der Waals surface area (Å²) >= 11 is 1.53. The van der Waals surface area contributed by atoms with Crippen LogP contribution in [0.5, 0.6) is 0 Å². The number of para-hydroxylation sites is 1. The SMILES string of the molecule is CCn1c(=NC(=O)c2cc3ccccc3o2)sc2cc(C)ccc21. The lowest BCUT2D eigenvalue weighted by molar-refractivity contribution is 0.0973. The molecule has 4 nitrogen and oxygen atoms in total. The second-order valence-electron chi connectivity index (χ2n) is 5.67. The van der Waals surface area contributed by atoms with E-state index < -0.39 is 0 Å². The van der Waals surface area contributed by atoms with Gasteiger partial charge in [0.2, 0.25) is 0 Å². The normalized spacial score (nSPS) is 12.3. The number of hydrogen-bond acceptors (Lipinski definition) is 3. The molecule has 0 fully saturated rings. The molecule has 0 aliphatic heterocycles. The molecule has 0 saturated heterocycles. The van der Waals surface area contributed by atoms with Crippen molar-refractivity contribution in [1.82, 2.24) is 4.57 Å². The molecule has 0 radical (unpaired) electrons. The third kappa shape index (κ3) is 2.47. The van der Waals surface area contributed by atoms with Crippen LogP contribution in [0.2, 0.25) is 0 Å². The molecule has 1 amide bonds. The van der Waals surface area contributed by atoms with E-state index in [1.165, 1.54) is 16.9 Å². The van der Waals surface area contributed by atoms with Crippen molar-refractivity contribution < 1.29 is 9.21 Å². The molecule has 0 unspecified atom stereocenters. The van der Waals surface area contributed by atoms with Crippen molar-refractivity contribution in [3.8, 4) is 0 Å². The minimum atomic E-state index is -0.350. The van der Waals surface area contributed by atoms with Gasteiger partial charge in [-0.1, -0.05) is 35.6 Å². The van der Waals surface area contributed by atoms with Gasteiger partial charge in [-0.05, 0) is 43.7 Å². The van der Waals surface area contributed by atoms with Gasteiger partial charge in [0.25, 0.3) is 0 Å². The van der Waals surface area contributed by atoms with Gasteiger partial charge in [0.1, 0.15) is 5.58 Å². The Morgan fingerprint density at radius 2 is 2.04 bits per heavy atom. The molecule has 0 aliphatic rings. The Hall–Kier alpha value is -2.66. The third-order valence-corrected chi connectivity index (χ3v) is 5.03. The number of aryl methyl sites for hydroxylation is 2. The predicted octanol–water partition coefficient (Wildman–Crippen LogP) is 4.52. The second kappa shape index (κ2) is 5.76. The zero-order chi connectivity index (χ0) is 16.7. The lowest BCUT2D eigenvalue weighted by Crippen LogP contribution is -2.15. The van der Waals surface area contributed by atoms with E-state index in [9.17, 15) is 4.79 Å². The topological polar surface area (TPSA) is 47.5 Å². The van der Waals surface area contributed by atoms with Crippen LogP contribution < -0.4 is 4.80 Å². The highest BCUT2D eigenvalue weighted by molar-refractivity contribution is 7.16. The van der Waals surface area contributed by atoms with Gasteiger partial charge in [-0.2, -0.15) is 4.99 Å². The maximum atomic E-state index is 12.5. The zero-order valence-electron chi connectivity index (χ0n) is 13.4. The van der Waals surface area contributed by atoms with Crippen LogP contribution in [-0.2, 0) is 6.54 Å². The van der Waals surface area contributed by atoms with Crippen LogP contribution in [0.15, 0.2) is 57.9 Å². The Morgan fingerprint density at radius 3 is 2.83 bits per heavy atom. The van der Waals surface area contributed by atoms with Crippen LogP contribution in [0.1, 0.15) is 23.0 Å². The summed E-state index contributed by atoms with van der Waals surface area (Å²) in [7, 11) is 0. The van der Waals surface area contributed by atoms with E-state index in [0.717, 1.165) is 22.1 Å². The number of carbonyl (C=O) groups excluding carboxylic acids is 1. The fourth-order valence-corrected chi connectivity index (χ4v) is 3.99. The Kier molecular flexibility index (Phi) is 3.58. The van der Waals surface area contributed by atoms with Gasteiger partial charge in [-0.25, -0.2) is 0 Å². The van der Waals surface area contributed by atoms with Gasteiger partial charge in [-0.15, -0.1) is 0 Å². The second-order valence-corrected chi connectivity index (χ2v) is 6.67. The Bertz CT molecular complexity index is 1100. The van der Waals surface area contributed by atoms with Crippen LogP contribution in [0.4, 0.5) is 0 Å². The van der Waals surface area contributed by atoms with Crippen LogP contribution in [0.25, 0.3) is 21.2 Å². The van der Waals surface area contributed by atoms with E-state index >= 15 is 0 Å². The average Bonchev–Trinajstić information content (AvgIpc) is 3.14. The van der Waals surface area contributed by atoms with Crippen molar-refractivity contribution in [2.75, 3.05) is 0 Å². The first-order valence-electron chi connectivity index (χ1n) is 7.83. The summed E-state index contributed by atoms with van der Waals surface area (Å²) in [5, 5.41) is 0.909. The third-order valence-electron chi connectivity index (χ3n) is 3.99. The number of rotatable bonds is 2. The summed E-state index contributed by atoms with van der Waals surface area (Å²) in [6.07, 6.45) is 0. The standard InChI is InChI=1S/C19H16N2O2S/c1-3-21-14-9-8-12(2)10-17(14)24-19(21)20-18(22)16-11-13-6-4-5-7-15(13)23-16/h4-11H,3H2,1-2H3. The quantitative estimate of drug-likeness (QED) is 0.540. The number of furan rings is 1. The number of nitrogens with zero attached hydrogens (tertiary/aromatic N) is 2. The summed E-state index contributed by atoms with van der Waals surface area (Å²) in [6.45, 7) is 4.87. The van der Waals surface area contributed by atoms with Crippen molar-refractivity contribution in [2.24, 2.45) is 4.99 Å². The minimum absolute atomic E-state index is 0.271. The number of aromatic nitrogens is 1. The number of hydrogen-bond donors (Lipinski definition) is 0. The zero-order valence-corrected chi connectivity index (χ0v) is 14.3. The summed E-state index contributed by atoms with van der Waals surface area (Å²) < 4.78 is 8.81. The molecule has 24 heavy (non-hydrogen) atoms. The highest BCUT2D eigenvalue weighted by Gasteiger charge is 2.13. The number of carbonyl (C=O) groups is 1. The summed E-state index contributed by atoms with van der Waals surface area (Å²) in [4.78, 5) is 17.5. The van der Waals surface area contributed by atoms with Crippen molar-refractivity contribution in [3.05, 3.63) is 64.7 Å². The largest absolute Gasteiger partial charge is 0.451 e. The molecule has 4 rings (SSSR count). The van der Waals surface area contributed by atoms with Crippen molar-refractivity contribution in [3.63, 3.8) is 0 Å². The fraction of sp³-hybridized carbons (Fsp3) is 0.158. The number of benzene rings is 2. The Labute approximate surface area is 142 Å². The summed E-state index contributed by atoms with van der Waals surface area (Å²) in [5.74, 6) is -0.0795. The Balaban J connectivity index is 1.84. The van der Waals surface area contributed by atoms with E-state index in [-0.39, 0.29) is 11.7 Å². The highest BCUT2D eigenvalue weighted by atomic mass is 32.1. The molecule has 4 aromatic rings. The molecular formula is C19H16N2O2S. The molecule has 2 heterocycles. The van der Waals surface area contributed by atoms with Crippen LogP contribution in [-0.4, -0.2) is 10.5 Å². The molecule has 0 N–H and O–H groups in total. The van der Waals surface area contributed by atoms with Crippen molar-refractivity contribution >= 4 is 38.4 Å². The van der Waals surface area contributed by atoms with Gasteiger partial charge < -0.3 is 8.98 Å². The molecule has 0 aliphatic carbocycles. The molecule has 0 atom stereocenters. The van der Waals surface area contributed by atoms with Crippen molar-refractivity contribution in [2.45, 2.75) is 20.4 Å². The fourth-order valence-electron chi connectivity index (χ4n) is 2.80. The Morgan fingerprint density at radius 1 is 1.21 bits per heavy atom. The smallest absolute Gasteiger partial charge is 0.315 e. The first-order valence-corrected chi connectivity index (χ1v) is 8.65. The molecule has 120 valence electrons. The van der Waals surface area contributed by atoms with Gasteiger partial charge in [-0.3, -0.25) is 4.79 Å². The first kappa shape index (κ1) is 14.9. The maximum Gasteiger partial charge on any atom is 0.315 e. The van der Waals surface area contributed by atoms with Crippen molar-refractivity contribution in [1.29, 1.82) is 0 Å². The number of fused-ring (bicyclic) bond motifs is 2. The number of thiazole rings is 1. The van der Waals surface area contributed by atoms with E-state index in [4.69, 9.17) is 4.42 Å². The van der Waals surface area contributed by atoms with E-state index in [1.807, 2.05) is 24.3 Å². The predicted molar refractivity (Wildman–Crippen MR) is 96.3 cm³/mol. The van der Waals surface area contributed by atoms with Crippen LogP contribution in [0.3, 0.4) is 0 Å². The lowest BCUT2D eigenvalue weighted by atomic mass is 10.2. The van der Waals surface area contributed by atoms with Gasteiger partial charge in [0, 0.05) is 11.9 Å². The molecule has 0 spiro atoms. The van der Waals surface area contributed by atoms with Gasteiger partial charge in [0.05, 0.1) is 10.2 Å². The van der Waals surface area contributed by atoms with E-state index in [0.29, 0.717) is 10.4 Å². The first-order chi connectivity index (χ1) is 11.7. The lowest BCUT2D eigenvalue weighted by Gasteiger charge is -2.00. The highest BCUT2D eigenvalue weighted by Crippen LogP contribution is 2.21. The average molecular weight is 336 g/mol. The molecule has 0 saturated carbocycles. The molecule has 5 heteroatoms. The van der Waals surface area contributed by atoms with Gasteiger partial charge in [0.15, 0.2) is 10.6 Å². The van der Waals surface area contributed by atoms with Crippen LogP contribution in [0, 0.1) is 6.92 Å². The minimum Gasteiger partial charge on any atom is -0.451 e. The molecule has 0 bridgehead atoms. The van der Waals surface area contributed by atoms with Gasteiger partial charge >= 0.3 is 5.91 Å². The summed E-state index contributed by atoms with van der Waals surface area (Å²) in [6, 6.07) is 15.6. The molecular weight excluding hydrogens is 320 g/mol. The van der Waals surface area contributed by atoms with E-state index in [1.54, 1.807) is 6.07 Å². The van der Waals surface area contributed by atoms with Crippen LogP contribution >= 0.6 is 11.3 Å². The monoisotopic (exact) mass is 336 g/mol. The maximum absolute atomic E-state index is 12.5. The molecule has 2 aromatic carbocycles. The summed E-state index contributed by atoms with van der Waals surface area (Å²) in [5.41, 5.74) is 3.00.